The zero-order valence-corrected chi connectivity index (χ0v) is 20.8. The minimum Gasteiger partial charge on any atom is -0.465 e. The van der Waals surface area contributed by atoms with Crippen molar-refractivity contribution in [1.82, 2.24) is 0 Å². The van der Waals surface area contributed by atoms with Gasteiger partial charge in [-0.3, -0.25) is 9.59 Å². The monoisotopic (exact) mass is 492 g/mol. The number of ether oxygens (including phenoxy) is 4. The van der Waals surface area contributed by atoms with Crippen LogP contribution in [0.4, 0.5) is 0 Å². The quantitative estimate of drug-likeness (QED) is 0.496. The lowest BCUT2D eigenvalue weighted by molar-refractivity contribution is -0.170. The first-order valence-corrected chi connectivity index (χ1v) is 13.3. The van der Waals surface area contributed by atoms with E-state index in [1.54, 1.807) is 0 Å². The fourth-order valence-electron chi connectivity index (χ4n) is 5.93. The molecule has 192 valence electrons. The molecule has 2 saturated heterocycles. The van der Waals surface area contributed by atoms with Crippen LogP contribution in [0.2, 0.25) is 0 Å². The Kier molecular flexibility index (Phi) is 8.34. The van der Waals surface area contributed by atoms with Crippen LogP contribution in [-0.2, 0) is 28.5 Å². The van der Waals surface area contributed by atoms with Crippen molar-refractivity contribution >= 4 is 11.9 Å². The second-order valence-electron chi connectivity index (χ2n) is 10.3. The number of benzene rings is 2. The number of hydrogen-bond acceptors (Lipinski definition) is 6. The molecule has 5 rings (SSSR count). The van der Waals surface area contributed by atoms with E-state index in [1.165, 1.54) is 0 Å². The SMILES string of the molecule is O=C(OCC1CCOCC1)C1C(c2ccccc2)C(C(=O)OCC2CCOCC2)C1c1ccccc1. The lowest BCUT2D eigenvalue weighted by Crippen LogP contribution is -2.52. The third-order valence-corrected chi connectivity index (χ3v) is 8.07. The Hall–Kier alpha value is -2.70. The summed E-state index contributed by atoms with van der Waals surface area (Å²) >= 11 is 0. The summed E-state index contributed by atoms with van der Waals surface area (Å²) in [7, 11) is 0. The van der Waals surface area contributed by atoms with Crippen LogP contribution in [0.3, 0.4) is 0 Å². The van der Waals surface area contributed by atoms with Crippen LogP contribution >= 0.6 is 0 Å². The van der Waals surface area contributed by atoms with E-state index >= 15 is 0 Å². The maximum Gasteiger partial charge on any atom is 0.310 e. The second-order valence-corrected chi connectivity index (χ2v) is 10.3. The van der Waals surface area contributed by atoms with Gasteiger partial charge in [-0.25, -0.2) is 0 Å². The van der Waals surface area contributed by atoms with Gasteiger partial charge in [-0.1, -0.05) is 60.7 Å². The third kappa shape index (κ3) is 5.65. The summed E-state index contributed by atoms with van der Waals surface area (Å²) in [4.78, 5) is 27.2. The molecule has 3 fully saturated rings. The van der Waals surface area contributed by atoms with Crippen molar-refractivity contribution in [3.05, 3.63) is 71.8 Å². The van der Waals surface area contributed by atoms with Crippen molar-refractivity contribution in [2.75, 3.05) is 39.6 Å². The summed E-state index contributed by atoms with van der Waals surface area (Å²) in [6.07, 6.45) is 3.62. The molecule has 3 aliphatic rings. The van der Waals surface area contributed by atoms with Crippen molar-refractivity contribution in [2.24, 2.45) is 23.7 Å². The molecule has 0 atom stereocenters. The zero-order chi connectivity index (χ0) is 24.7. The summed E-state index contributed by atoms with van der Waals surface area (Å²) in [5.41, 5.74) is 1.96. The minimum atomic E-state index is -0.435. The topological polar surface area (TPSA) is 71.1 Å². The van der Waals surface area contributed by atoms with E-state index in [1.807, 2.05) is 60.7 Å². The van der Waals surface area contributed by atoms with Crippen molar-refractivity contribution in [3.63, 3.8) is 0 Å². The molecule has 0 bridgehead atoms. The van der Waals surface area contributed by atoms with E-state index < -0.39 is 11.8 Å². The average Bonchev–Trinajstić information content (AvgIpc) is 2.92. The predicted molar refractivity (Wildman–Crippen MR) is 134 cm³/mol. The molecule has 0 radical (unpaired) electrons. The number of rotatable bonds is 8. The maximum atomic E-state index is 13.6. The number of hydrogen-bond donors (Lipinski definition) is 0. The fraction of sp³-hybridized carbons (Fsp3) is 0.533. The first-order valence-electron chi connectivity index (χ1n) is 13.3. The van der Waals surface area contributed by atoms with Gasteiger partial charge in [0.15, 0.2) is 0 Å². The van der Waals surface area contributed by atoms with Crippen LogP contribution in [0.1, 0.15) is 48.6 Å². The minimum absolute atomic E-state index is 0.224. The zero-order valence-electron chi connectivity index (χ0n) is 20.8. The molecule has 1 saturated carbocycles. The van der Waals surface area contributed by atoms with E-state index in [9.17, 15) is 9.59 Å². The Bertz CT molecular complexity index is 892. The molecule has 2 heterocycles. The van der Waals surface area contributed by atoms with E-state index in [4.69, 9.17) is 18.9 Å². The van der Waals surface area contributed by atoms with Crippen LogP contribution in [0.5, 0.6) is 0 Å². The molecular weight excluding hydrogens is 456 g/mol. The molecule has 0 N–H and O–H groups in total. The summed E-state index contributed by atoms with van der Waals surface area (Å²) in [6.45, 7) is 3.66. The summed E-state index contributed by atoms with van der Waals surface area (Å²) in [5, 5.41) is 0. The Morgan fingerprint density at radius 3 is 1.33 bits per heavy atom. The third-order valence-electron chi connectivity index (χ3n) is 8.07. The fourth-order valence-corrected chi connectivity index (χ4v) is 5.93. The molecule has 0 amide bonds. The van der Waals surface area contributed by atoms with Gasteiger partial charge in [0.05, 0.1) is 25.0 Å². The highest BCUT2D eigenvalue weighted by Gasteiger charge is 2.59. The normalized spacial score (nSPS) is 27.1. The Morgan fingerprint density at radius 1 is 0.611 bits per heavy atom. The lowest BCUT2D eigenvalue weighted by atomic mass is 9.52. The van der Waals surface area contributed by atoms with Crippen LogP contribution in [0.15, 0.2) is 60.7 Å². The molecule has 6 heteroatoms. The number of esters is 2. The van der Waals surface area contributed by atoms with Gasteiger partial charge >= 0.3 is 11.9 Å². The molecule has 0 aromatic heterocycles. The van der Waals surface area contributed by atoms with Gasteiger partial charge in [0, 0.05) is 38.3 Å². The van der Waals surface area contributed by atoms with E-state index in [0.717, 1.165) is 36.8 Å². The van der Waals surface area contributed by atoms with Crippen LogP contribution in [0.25, 0.3) is 0 Å². The first kappa shape index (κ1) is 25.0. The van der Waals surface area contributed by atoms with Crippen molar-refractivity contribution < 1.29 is 28.5 Å². The Labute approximate surface area is 213 Å². The Balaban J connectivity index is 1.38. The molecule has 2 aromatic rings. The summed E-state index contributed by atoms with van der Waals surface area (Å²) in [6, 6.07) is 19.8. The standard InChI is InChI=1S/C30H36O6/c31-29(35-19-21-11-15-33-16-12-21)27-25(23-7-3-1-4-8-23)28(26(27)24-9-5-2-6-10-24)30(32)36-20-22-13-17-34-18-14-22/h1-10,21-22,25-28H,11-20H2. The second kappa shape index (κ2) is 12.0. The smallest absolute Gasteiger partial charge is 0.310 e. The highest BCUT2D eigenvalue weighted by atomic mass is 16.5. The van der Waals surface area contributed by atoms with Gasteiger partial charge in [-0.05, 0) is 48.6 Å². The number of carbonyl (C=O) groups excluding carboxylic acids is 2. The van der Waals surface area contributed by atoms with Gasteiger partial charge < -0.3 is 18.9 Å². The molecule has 0 unspecified atom stereocenters. The van der Waals surface area contributed by atoms with Gasteiger partial charge in [-0.2, -0.15) is 0 Å². The van der Waals surface area contributed by atoms with Crippen LogP contribution in [-0.4, -0.2) is 51.6 Å². The van der Waals surface area contributed by atoms with Crippen molar-refractivity contribution in [3.8, 4) is 0 Å². The van der Waals surface area contributed by atoms with E-state index in [-0.39, 0.29) is 23.8 Å². The summed E-state index contributed by atoms with van der Waals surface area (Å²) in [5.74, 6) is -1.22. The van der Waals surface area contributed by atoms with Crippen molar-refractivity contribution in [2.45, 2.75) is 37.5 Å². The molecule has 0 spiro atoms. The Morgan fingerprint density at radius 2 is 0.972 bits per heavy atom. The van der Waals surface area contributed by atoms with Crippen LogP contribution < -0.4 is 0 Å². The molecule has 2 aromatic carbocycles. The van der Waals surface area contributed by atoms with Crippen LogP contribution in [0, 0.1) is 23.7 Å². The van der Waals surface area contributed by atoms with Gasteiger partial charge in [0.1, 0.15) is 0 Å². The van der Waals surface area contributed by atoms with Gasteiger partial charge in [0.2, 0.25) is 0 Å². The molecule has 36 heavy (non-hydrogen) atoms. The average molecular weight is 493 g/mol. The highest BCUT2D eigenvalue weighted by Crippen LogP contribution is 2.58. The highest BCUT2D eigenvalue weighted by molar-refractivity contribution is 5.85. The van der Waals surface area contributed by atoms with Crippen molar-refractivity contribution in [1.29, 1.82) is 0 Å². The molecular formula is C30H36O6. The maximum absolute atomic E-state index is 13.6. The molecule has 1 aliphatic carbocycles. The predicted octanol–water partition coefficient (Wildman–Crippen LogP) is 4.74. The summed E-state index contributed by atoms with van der Waals surface area (Å²) < 4.78 is 22.7. The van der Waals surface area contributed by atoms with Gasteiger partial charge in [-0.15, -0.1) is 0 Å². The largest absolute Gasteiger partial charge is 0.465 e. The van der Waals surface area contributed by atoms with E-state index in [0.29, 0.717) is 51.5 Å². The van der Waals surface area contributed by atoms with E-state index in [2.05, 4.69) is 0 Å². The van der Waals surface area contributed by atoms with Gasteiger partial charge in [0.25, 0.3) is 0 Å². The molecule has 6 nitrogen and oxygen atoms in total. The number of carbonyl (C=O) groups is 2. The first-order chi connectivity index (χ1) is 17.7. The lowest BCUT2D eigenvalue weighted by Gasteiger charge is -2.49. The molecule has 2 aliphatic heterocycles.